The maximum absolute atomic E-state index is 12.4. The molecule has 0 atom stereocenters. The Bertz CT molecular complexity index is 1070. The second kappa shape index (κ2) is 10.5. The highest BCUT2D eigenvalue weighted by molar-refractivity contribution is 5.94. The Morgan fingerprint density at radius 3 is 2.61 bits per heavy atom. The predicted molar refractivity (Wildman–Crippen MR) is 128 cm³/mol. The SMILES string of the molecule is Cc1ncc(-c2ccnc(Nc3ccc(C(=O)NCCN4CCOCC4)cc3)n2)n1C(C)C. The van der Waals surface area contributed by atoms with Crippen LogP contribution in [0.4, 0.5) is 11.6 Å². The van der Waals surface area contributed by atoms with Gasteiger partial charge in [0.1, 0.15) is 5.82 Å². The topological polar surface area (TPSA) is 97.2 Å². The molecule has 174 valence electrons. The summed E-state index contributed by atoms with van der Waals surface area (Å²) < 4.78 is 7.50. The van der Waals surface area contributed by atoms with E-state index in [2.05, 4.69) is 48.9 Å². The molecule has 3 aromatic rings. The fraction of sp³-hybridized carbons (Fsp3) is 0.417. The number of benzene rings is 1. The van der Waals surface area contributed by atoms with Gasteiger partial charge >= 0.3 is 0 Å². The molecule has 2 N–H and O–H groups in total. The molecule has 9 heteroatoms. The Hall–Kier alpha value is -3.30. The summed E-state index contributed by atoms with van der Waals surface area (Å²) in [6.07, 6.45) is 3.57. The summed E-state index contributed by atoms with van der Waals surface area (Å²) in [4.78, 5) is 28.2. The number of anilines is 2. The van der Waals surface area contributed by atoms with E-state index in [1.165, 1.54) is 0 Å². The quantitative estimate of drug-likeness (QED) is 0.546. The number of morpholine rings is 1. The monoisotopic (exact) mass is 449 g/mol. The zero-order valence-corrected chi connectivity index (χ0v) is 19.4. The van der Waals surface area contributed by atoms with Crippen molar-refractivity contribution in [3.63, 3.8) is 0 Å². The molecular formula is C24H31N7O2. The number of nitrogens with one attached hydrogen (secondary N) is 2. The molecule has 1 fully saturated rings. The number of carbonyl (C=O) groups is 1. The number of aryl methyl sites for hydroxylation is 1. The van der Waals surface area contributed by atoms with Crippen molar-refractivity contribution in [3.05, 3.63) is 54.1 Å². The second-order valence-corrected chi connectivity index (χ2v) is 8.33. The predicted octanol–water partition coefficient (Wildman–Crippen LogP) is 3.04. The van der Waals surface area contributed by atoms with Crippen LogP contribution in [0.25, 0.3) is 11.4 Å². The minimum atomic E-state index is -0.0784. The molecular weight excluding hydrogens is 418 g/mol. The number of hydrogen-bond acceptors (Lipinski definition) is 7. The summed E-state index contributed by atoms with van der Waals surface area (Å²) in [5, 5.41) is 6.20. The van der Waals surface area contributed by atoms with Gasteiger partial charge in [-0.3, -0.25) is 9.69 Å². The minimum Gasteiger partial charge on any atom is -0.379 e. The standard InChI is InChI=1S/C24H31N7O2/c1-17(2)31-18(3)27-16-22(31)21-8-9-26-24(29-21)28-20-6-4-19(5-7-20)23(32)25-10-11-30-12-14-33-15-13-30/h4-9,16-17H,10-15H2,1-3H3,(H,25,32)(H,26,28,29). The highest BCUT2D eigenvalue weighted by atomic mass is 16.5. The molecule has 4 rings (SSSR count). The zero-order valence-electron chi connectivity index (χ0n) is 19.4. The van der Waals surface area contributed by atoms with Crippen LogP contribution in [0.1, 0.15) is 36.1 Å². The number of carbonyl (C=O) groups excluding carboxylic acids is 1. The molecule has 1 aromatic carbocycles. The summed E-state index contributed by atoms with van der Waals surface area (Å²) >= 11 is 0. The lowest BCUT2D eigenvalue weighted by Gasteiger charge is -2.26. The van der Waals surface area contributed by atoms with Crippen molar-refractivity contribution >= 4 is 17.5 Å². The Morgan fingerprint density at radius 2 is 1.88 bits per heavy atom. The molecule has 9 nitrogen and oxygen atoms in total. The normalized spacial score (nSPS) is 14.4. The molecule has 0 aliphatic carbocycles. The van der Waals surface area contributed by atoms with Crippen LogP contribution in [-0.4, -0.2) is 69.7 Å². The number of amides is 1. The minimum absolute atomic E-state index is 0.0784. The van der Waals surface area contributed by atoms with Gasteiger partial charge < -0.3 is 19.9 Å². The number of imidazole rings is 1. The van der Waals surface area contributed by atoms with Gasteiger partial charge in [0.05, 0.1) is 30.8 Å². The molecule has 1 aliphatic heterocycles. The van der Waals surface area contributed by atoms with Gasteiger partial charge in [-0.15, -0.1) is 0 Å². The Morgan fingerprint density at radius 1 is 1.12 bits per heavy atom. The fourth-order valence-electron chi connectivity index (χ4n) is 3.94. The van der Waals surface area contributed by atoms with Gasteiger partial charge in [-0.2, -0.15) is 0 Å². The Balaban J connectivity index is 1.36. The van der Waals surface area contributed by atoms with E-state index < -0.39 is 0 Å². The van der Waals surface area contributed by atoms with Crippen LogP contribution < -0.4 is 10.6 Å². The van der Waals surface area contributed by atoms with Crippen molar-refractivity contribution in [2.24, 2.45) is 0 Å². The molecule has 0 bridgehead atoms. The summed E-state index contributed by atoms with van der Waals surface area (Å²) in [5.74, 6) is 1.36. The lowest BCUT2D eigenvalue weighted by atomic mass is 10.2. The molecule has 33 heavy (non-hydrogen) atoms. The molecule has 0 unspecified atom stereocenters. The van der Waals surface area contributed by atoms with E-state index in [0.717, 1.165) is 55.7 Å². The third-order valence-electron chi connectivity index (χ3n) is 5.64. The van der Waals surface area contributed by atoms with Gasteiger partial charge in [0.2, 0.25) is 5.95 Å². The second-order valence-electron chi connectivity index (χ2n) is 8.33. The molecule has 1 saturated heterocycles. The zero-order chi connectivity index (χ0) is 23.2. The van der Waals surface area contributed by atoms with E-state index in [9.17, 15) is 4.79 Å². The van der Waals surface area contributed by atoms with Gasteiger partial charge in [-0.1, -0.05) is 0 Å². The molecule has 1 aliphatic rings. The number of rotatable bonds is 8. The molecule has 2 aromatic heterocycles. The largest absolute Gasteiger partial charge is 0.379 e. The maximum Gasteiger partial charge on any atom is 0.251 e. The molecule has 0 radical (unpaired) electrons. The van der Waals surface area contributed by atoms with E-state index in [4.69, 9.17) is 4.74 Å². The van der Waals surface area contributed by atoms with Crippen LogP contribution in [0.2, 0.25) is 0 Å². The van der Waals surface area contributed by atoms with Gasteiger partial charge in [0.25, 0.3) is 5.91 Å². The first kappa shape index (κ1) is 22.9. The number of ether oxygens (including phenoxy) is 1. The van der Waals surface area contributed by atoms with Crippen LogP contribution in [-0.2, 0) is 4.74 Å². The number of nitrogens with zero attached hydrogens (tertiary/aromatic N) is 5. The highest BCUT2D eigenvalue weighted by Gasteiger charge is 2.14. The third-order valence-corrected chi connectivity index (χ3v) is 5.64. The van der Waals surface area contributed by atoms with Gasteiger partial charge in [0.15, 0.2) is 0 Å². The van der Waals surface area contributed by atoms with Crippen LogP contribution in [0.15, 0.2) is 42.7 Å². The summed E-state index contributed by atoms with van der Waals surface area (Å²) in [6, 6.07) is 9.47. The molecule has 0 saturated carbocycles. The lowest BCUT2D eigenvalue weighted by molar-refractivity contribution is 0.0383. The Kier molecular flexibility index (Phi) is 7.31. The van der Waals surface area contributed by atoms with E-state index in [1.54, 1.807) is 18.3 Å². The van der Waals surface area contributed by atoms with Crippen LogP contribution in [0, 0.1) is 6.92 Å². The average molecular weight is 450 g/mol. The van der Waals surface area contributed by atoms with Gasteiger partial charge in [-0.25, -0.2) is 15.0 Å². The van der Waals surface area contributed by atoms with Gasteiger partial charge in [0, 0.05) is 49.7 Å². The third kappa shape index (κ3) is 5.74. The van der Waals surface area contributed by atoms with Crippen molar-refractivity contribution in [1.82, 2.24) is 29.7 Å². The van der Waals surface area contributed by atoms with Crippen LogP contribution in [0.3, 0.4) is 0 Å². The first-order valence-corrected chi connectivity index (χ1v) is 11.3. The smallest absolute Gasteiger partial charge is 0.251 e. The van der Waals surface area contributed by atoms with Crippen LogP contribution in [0.5, 0.6) is 0 Å². The highest BCUT2D eigenvalue weighted by Crippen LogP contribution is 2.24. The van der Waals surface area contributed by atoms with E-state index in [0.29, 0.717) is 18.1 Å². The van der Waals surface area contributed by atoms with Crippen molar-refractivity contribution in [1.29, 1.82) is 0 Å². The number of hydrogen-bond donors (Lipinski definition) is 2. The van der Waals surface area contributed by atoms with Crippen molar-refractivity contribution in [3.8, 4) is 11.4 Å². The van der Waals surface area contributed by atoms with E-state index in [-0.39, 0.29) is 11.9 Å². The fourth-order valence-corrected chi connectivity index (χ4v) is 3.94. The first-order chi connectivity index (χ1) is 16.0. The van der Waals surface area contributed by atoms with E-state index in [1.807, 2.05) is 31.3 Å². The summed E-state index contributed by atoms with van der Waals surface area (Å²) in [6.45, 7) is 11.0. The average Bonchev–Trinajstić information content (AvgIpc) is 3.22. The number of aromatic nitrogens is 4. The van der Waals surface area contributed by atoms with Crippen molar-refractivity contribution in [2.45, 2.75) is 26.8 Å². The van der Waals surface area contributed by atoms with E-state index >= 15 is 0 Å². The maximum atomic E-state index is 12.4. The lowest BCUT2D eigenvalue weighted by Crippen LogP contribution is -2.41. The Labute approximate surface area is 194 Å². The molecule has 3 heterocycles. The molecule has 0 spiro atoms. The summed E-state index contributed by atoms with van der Waals surface area (Å²) in [7, 11) is 0. The summed E-state index contributed by atoms with van der Waals surface area (Å²) in [5.41, 5.74) is 3.19. The molecule has 1 amide bonds. The van der Waals surface area contributed by atoms with Crippen molar-refractivity contribution in [2.75, 3.05) is 44.7 Å². The van der Waals surface area contributed by atoms with Crippen LogP contribution >= 0.6 is 0 Å². The van der Waals surface area contributed by atoms with Crippen molar-refractivity contribution < 1.29 is 9.53 Å². The first-order valence-electron chi connectivity index (χ1n) is 11.3. The van der Waals surface area contributed by atoms with Gasteiger partial charge in [-0.05, 0) is 51.1 Å².